The number of hydrogen-bond donors (Lipinski definition) is 3. The van der Waals surface area contributed by atoms with E-state index in [1.165, 1.54) is 37.3 Å². The van der Waals surface area contributed by atoms with E-state index < -0.39 is 15.9 Å². The molecule has 0 aliphatic carbocycles. The average Bonchev–Trinajstić information content (AvgIpc) is 2.69. The molecular weight excluding hydrogens is 461 g/mol. The highest BCUT2D eigenvalue weighted by atomic mass is 35.5. The maximum Gasteiger partial charge on any atom is 0.263 e. The first-order valence-electron chi connectivity index (χ1n) is 8.91. The van der Waals surface area contributed by atoms with Crippen molar-refractivity contribution in [2.45, 2.75) is 11.8 Å². The van der Waals surface area contributed by atoms with Crippen LogP contribution in [0.2, 0.25) is 10.0 Å². The second kappa shape index (κ2) is 9.38. The minimum Gasteiger partial charge on any atom is -0.326 e. The van der Waals surface area contributed by atoms with Crippen molar-refractivity contribution in [2.75, 3.05) is 15.4 Å². The topological polar surface area (TPSA) is 104 Å². The molecule has 3 aromatic carbocycles. The van der Waals surface area contributed by atoms with Crippen LogP contribution in [0.5, 0.6) is 0 Å². The lowest BCUT2D eigenvalue weighted by Gasteiger charge is -2.12. The average molecular weight is 478 g/mol. The minimum atomic E-state index is -4.06. The van der Waals surface area contributed by atoms with E-state index in [1.807, 2.05) is 0 Å². The van der Waals surface area contributed by atoms with Gasteiger partial charge in [-0.15, -0.1) is 0 Å². The van der Waals surface area contributed by atoms with Gasteiger partial charge < -0.3 is 10.6 Å². The molecule has 0 unspecified atom stereocenters. The zero-order valence-electron chi connectivity index (χ0n) is 16.1. The molecule has 0 atom stereocenters. The van der Waals surface area contributed by atoms with E-state index in [4.69, 9.17) is 23.2 Å². The number of amides is 2. The Morgan fingerprint density at radius 2 is 1.45 bits per heavy atom. The van der Waals surface area contributed by atoms with E-state index in [1.54, 1.807) is 36.4 Å². The zero-order valence-corrected chi connectivity index (χ0v) is 18.5. The highest BCUT2D eigenvalue weighted by Gasteiger charge is 2.20. The second-order valence-electron chi connectivity index (χ2n) is 6.47. The molecule has 0 aliphatic heterocycles. The predicted molar refractivity (Wildman–Crippen MR) is 122 cm³/mol. The molecule has 0 spiro atoms. The molecule has 0 fully saturated rings. The molecule has 10 heteroatoms. The molecule has 0 saturated carbocycles. The number of carbonyl (C=O) groups excluding carboxylic acids is 2. The highest BCUT2D eigenvalue weighted by molar-refractivity contribution is 7.92. The summed E-state index contributed by atoms with van der Waals surface area (Å²) in [6.07, 6.45) is 0. The summed E-state index contributed by atoms with van der Waals surface area (Å²) >= 11 is 11.9. The van der Waals surface area contributed by atoms with E-state index in [9.17, 15) is 18.0 Å². The monoisotopic (exact) mass is 477 g/mol. The Morgan fingerprint density at radius 3 is 2.10 bits per heavy atom. The van der Waals surface area contributed by atoms with Crippen molar-refractivity contribution < 1.29 is 18.0 Å². The normalized spacial score (nSPS) is 10.9. The molecule has 0 saturated heterocycles. The number of hydrogen-bond acceptors (Lipinski definition) is 4. The fourth-order valence-corrected chi connectivity index (χ4v) is 4.37. The smallest absolute Gasteiger partial charge is 0.263 e. The predicted octanol–water partition coefficient (Wildman–Crippen LogP) is 5.00. The molecule has 0 aromatic heterocycles. The Kier molecular flexibility index (Phi) is 6.84. The number of sulfonamides is 1. The Morgan fingerprint density at radius 1 is 0.806 bits per heavy atom. The van der Waals surface area contributed by atoms with Gasteiger partial charge in [0.25, 0.3) is 15.9 Å². The van der Waals surface area contributed by atoms with Gasteiger partial charge in [0.1, 0.15) is 4.90 Å². The van der Waals surface area contributed by atoms with Crippen molar-refractivity contribution in [2.24, 2.45) is 0 Å². The first-order chi connectivity index (χ1) is 14.6. The van der Waals surface area contributed by atoms with Crippen LogP contribution in [-0.4, -0.2) is 20.2 Å². The van der Waals surface area contributed by atoms with Crippen molar-refractivity contribution in [1.82, 2.24) is 0 Å². The largest absolute Gasteiger partial charge is 0.326 e. The summed E-state index contributed by atoms with van der Waals surface area (Å²) < 4.78 is 28.0. The SMILES string of the molecule is CC(=O)Nc1cccc(NC(=O)c2ccc(Cl)c(S(=O)(=O)Nc3ccc(Cl)cc3)c2)c1. The molecule has 0 aliphatic rings. The molecule has 3 N–H and O–H groups in total. The van der Waals surface area contributed by atoms with Gasteiger partial charge in [-0.05, 0) is 60.7 Å². The van der Waals surface area contributed by atoms with Gasteiger partial charge in [-0.2, -0.15) is 0 Å². The summed E-state index contributed by atoms with van der Waals surface area (Å²) in [6.45, 7) is 1.37. The highest BCUT2D eigenvalue weighted by Crippen LogP contribution is 2.26. The number of nitrogens with one attached hydrogen (secondary N) is 3. The molecule has 3 aromatic rings. The molecule has 3 rings (SSSR count). The lowest BCUT2D eigenvalue weighted by atomic mass is 10.2. The lowest BCUT2D eigenvalue weighted by Crippen LogP contribution is -2.16. The van der Waals surface area contributed by atoms with Crippen LogP contribution in [0.25, 0.3) is 0 Å². The van der Waals surface area contributed by atoms with E-state index in [0.29, 0.717) is 22.1 Å². The van der Waals surface area contributed by atoms with E-state index >= 15 is 0 Å². The van der Waals surface area contributed by atoms with E-state index in [0.717, 1.165) is 0 Å². The third-order valence-corrected chi connectivity index (χ3v) is 6.13. The molecule has 31 heavy (non-hydrogen) atoms. The summed E-state index contributed by atoms with van der Waals surface area (Å²) in [5.74, 6) is -0.788. The Bertz CT molecular complexity index is 1250. The van der Waals surface area contributed by atoms with Gasteiger partial charge in [-0.3, -0.25) is 14.3 Å². The third kappa shape index (κ3) is 5.97. The van der Waals surface area contributed by atoms with Gasteiger partial charge in [0, 0.05) is 34.6 Å². The maximum atomic E-state index is 12.8. The number of anilines is 3. The van der Waals surface area contributed by atoms with Crippen LogP contribution >= 0.6 is 23.2 Å². The zero-order chi connectivity index (χ0) is 22.6. The van der Waals surface area contributed by atoms with Crippen LogP contribution in [-0.2, 0) is 14.8 Å². The van der Waals surface area contributed by atoms with Gasteiger partial charge in [0.2, 0.25) is 5.91 Å². The molecule has 0 heterocycles. The molecule has 7 nitrogen and oxygen atoms in total. The van der Waals surface area contributed by atoms with Crippen molar-refractivity contribution in [3.05, 3.63) is 82.3 Å². The van der Waals surface area contributed by atoms with Crippen LogP contribution in [0, 0.1) is 0 Å². The van der Waals surface area contributed by atoms with Crippen molar-refractivity contribution in [3.63, 3.8) is 0 Å². The summed E-state index contributed by atoms with van der Waals surface area (Å²) in [4.78, 5) is 23.6. The Hall–Kier alpha value is -3.07. The third-order valence-electron chi connectivity index (χ3n) is 4.02. The fraction of sp³-hybridized carbons (Fsp3) is 0.0476. The van der Waals surface area contributed by atoms with Crippen molar-refractivity contribution in [3.8, 4) is 0 Å². The van der Waals surface area contributed by atoms with Crippen molar-refractivity contribution in [1.29, 1.82) is 0 Å². The van der Waals surface area contributed by atoms with Crippen LogP contribution in [0.3, 0.4) is 0 Å². The van der Waals surface area contributed by atoms with Gasteiger partial charge >= 0.3 is 0 Å². The van der Waals surface area contributed by atoms with Gasteiger partial charge in [-0.25, -0.2) is 8.42 Å². The molecule has 2 amide bonds. The van der Waals surface area contributed by atoms with Crippen LogP contribution in [0.1, 0.15) is 17.3 Å². The summed E-state index contributed by atoms with van der Waals surface area (Å²) in [6, 6.07) is 16.6. The molecule has 160 valence electrons. The standard InChI is InChI=1S/C21H17Cl2N3O4S/c1-13(27)24-17-3-2-4-18(12-17)25-21(28)14-5-10-19(23)20(11-14)31(29,30)26-16-8-6-15(22)7-9-16/h2-12,26H,1H3,(H,24,27)(H,25,28). The molecule has 0 radical (unpaired) electrons. The fourth-order valence-electron chi connectivity index (χ4n) is 2.66. The molecule has 0 bridgehead atoms. The van der Waals surface area contributed by atoms with Gasteiger partial charge in [-0.1, -0.05) is 29.3 Å². The second-order valence-corrected chi connectivity index (χ2v) is 8.97. The number of carbonyl (C=O) groups is 2. The number of rotatable bonds is 6. The maximum absolute atomic E-state index is 12.8. The van der Waals surface area contributed by atoms with Gasteiger partial charge in [0.15, 0.2) is 0 Å². The first-order valence-corrected chi connectivity index (χ1v) is 11.1. The summed E-state index contributed by atoms with van der Waals surface area (Å²) in [5, 5.41) is 5.70. The first kappa shape index (κ1) is 22.6. The van der Waals surface area contributed by atoms with E-state index in [-0.39, 0.29) is 21.4 Å². The summed E-state index contributed by atoms with van der Waals surface area (Å²) in [7, 11) is -4.06. The number of halogens is 2. The quantitative estimate of drug-likeness (QED) is 0.464. The Labute approximate surface area is 189 Å². The number of benzene rings is 3. The van der Waals surface area contributed by atoms with Crippen LogP contribution in [0.15, 0.2) is 71.6 Å². The van der Waals surface area contributed by atoms with Gasteiger partial charge in [0.05, 0.1) is 5.02 Å². The molecular formula is C21H17Cl2N3O4S. The van der Waals surface area contributed by atoms with Crippen molar-refractivity contribution >= 4 is 62.1 Å². The van der Waals surface area contributed by atoms with Crippen LogP contribution in [0.4, 0.5) is 17.1 Å². The van der Waals surface area contributed by atoms with Crippen LogP contribution < -0.4 is 15.4 Å². The Balaban J connectivity index is 1.84. The minimum absolute atomic E-state index is 0.0364. The lowest BCUT2D eigenvalue weighted by molar-refractivity contribution is -0.114. The summed E-state index contributed by atoms with van der Waals surface area (Å²) in [5.41, 5.74) is 1.32. The van der Waals surface area contributed by atoms with E-state index in [2.05, 4.69) is 15.4 Å².